The summed E-state index contributed by atoms with van der Waals surface area (Å²) in [5.41, 5.74) is 5.09. The average Bonchev–Trinajstić information content (AvgIpc) is 2.47. The van der Waals surface area contributed by atoms with Crippen LogP contribution in [0.1, 0.15) is 54.7 Å². The van der Waals surface area contributed by atoms with E-state index in [1.54, 1.807) is 12.1 Å². The van der Waals surface area contributed by atoms with Crippen LogP contribution in [0.4, 0.5) is 0 Å². The van der Waals surface area contributed by atoms with Crippen LogP contribution < -0.4 is 0 Å². The molecule has 2 rings (SSSR count). The van der Waals surface area contributed by atoms with Crippen molar-refractivity contribution in [3.8, 4) is 0 Å². The fourth-order valence-electron chi connectivity index (χ4n) is 2.29. The summed E-state index contributed by atoms with van der Waals surface area (Å²) in [6.07, 6.45) is 2.08. The number of benzene rings is 2. The Morgan fingerprint density at radius 2 is 1.64 bits per heavy atom. The lowest BCUT2D eigenvalue weighted by molar-refractivity contribution is 0.0697. The van der Waals surface area contributed by atoms with Crippen LogP contribution in [-0.4, -0.2) is 11.1 Å². The lowest BCUT2D eigenvalue weighted by Crippen LogP contribution is -2.10. The molecule has 0 bridgehead atoms. The van der Waals surface area contributed by atoms with E-state index in [0.29, 0.717) is 5.56 Å². The summed E-state index contributed by atoms with van der Waals surface area (Å²) in [5, 5.41) is 8.93. The Labute approximate surface area is 132 Å². The van der Waals surface area contributed by atoms with Gasteiger partial charge in [0.05, 0.1) is 5.56 Å². The molecule has 0 aromatic heterocycles. The lowest BCUT2D eigenvalue weighted by Gasteiger charge is -2.20. The predicted octanol–water partition coefficient (Wildman–Crippen LogP) is 5.24. The van der Waals surface area contributed by atoms with Crippen molar-refractivity contribution in [2.24, 2.45) is 0 Å². The molecule has 0 saturated heterocycles. The molecule has 0 fully saturated rings. The van der Waals surface area contributed by atoms with Crippen molar-refractivity contribution in [1.82, 2.24) is 0 Å². The Balaban J connectivity index is 2.31. The van der Waals surface area contributed by atoms with Gasteiger partial charge in [-0.3, -0.25) is 0 Å². The van der Waals surface area contributed by atoms with Crippen LogP contribution >= 0.6 is 0 Å². The van der Waals surface area contributed by atoms with Crippen molar-refractivity contribution in [2.75, 3.05) is 0 Å². The molecule has 0 heterocycles. The van der Waals surface area contributed by atoms with Gasteiger partial charge in [-0.05, 0) is 46.7 Å². The van der Waals surface area contributed by atoms with E-state index in [1.807, 2.05) is 12.1 Å². The second-order valence-electron chi connectivity index (χ2n) is 6.59. The molecule has 0 unspecified atom stereocenters. The van der Waals surface area contributed by atoms with Gasteiger partial charge in [-0.2, -0.15) is 0 Å². The van der Waals surface area contributed by atoms with Crippen LogP contribution in [-0.2, 0) is 5.41 Å². The summed E-state index contributed by atoms with van der Waals surface area (Å²) in [6, 6.07) is 15.5. The highest BCUT2D eigenvalue weighted by atomic mass is 16.4. The monoisotopic (exact) mass is 294 g/mol. The van der Waals surface area contributed by atoms with Gasteiger partial charge >= 0.3 is 5.97 Å². The van der Waals surface area contributed by atoms with Gasteiger partial charge in [0.2, 0.25) is 0 Å². The fourth-order valence-corrected chi connectivity index (χ4v) is 2.29. The van der Waals surface area contributed by atoms with Gasteiger partial charge in [0.1, 0.15) is 0 Å². The van der Waals surface area contributed by atoms with E-state index in [1.165, 1.54) is 11.1 Å². The van der Waals surface area contributed by atoms with Crippen LogP contribution in [0.15, 0.2) is 48.5 Å². The minimum atomic E-state index is -0.898. The molecule has 0 spiro atoms. The molecular formula is C20H22O2. The number of carboxylic acids is 1. The third-order valence-corrected chi connectivity index (χ3v) is 3.72. The Morgan fingerprint density at radius 1 is 1.00 bits per heavy atom. The maximum atomic E-state index is 10.9. The van der Waals surface area contributed by atoms with Gasteiger partial charge in [0.15, 0.2) is 0 Å². The van der Waals surface area contributed by atoms with Gasteiger partial charge < -0.3 is 5.11 Å². The zero-order valence-corrected chi connectivity index (χ0v) is 13.6. The second kappa shape index (κ2) is 6.18. The number of allylic oxidation sites excluding steroid dienone is 1. The van der Waals surface area contributed by atoms with Crippen LogP contribution in [0.2, 0.25) is 0 Å². The maximum Gasteiger partial charge on any atom is 0.335 e. The number of carbonyl (C=O) groups is 1. The topological polar surface area (TPSA) is 37.3 Å². The molecule has 0 radical (unpaired) electrons. The quantitative estimate of drug-likeness (QED) is 0.786. The van der Waals surface area contributed by atoms with Crippen molar-refractivity contribution in [3.63, 3.8) is 0 Å². The van der Waals surface area contributed by atoms with E-state index in [0.717, 1.165) is 11.1 Å². The lowest BCUT2D eigenvalue weighted by atomic mass is 9.85. The van der Waals surface area contributed by atoms with Gasteiger partial charge in [0, 0.05) is 0 Å². The summed E-state index contributed by atoms with van der Waals surface area (Å²) in [6.45, 7) is 8.69. The molecule has 0 aliphatic heterocycles. The van der Waals surface area contributed by atoms with E-state index in [9.17, 15) is 4.79 Å². The molecule has 2 aromatic rings. The maximum absolute atomic E-state index is 10.9. The molecule has 114 valence electrons. The molecular weight excluding hydrogens is 272 g/mol. The normalized spacial score (nSPS) is 12.3. The zero-order chi connectivity index (χ0) is 16.3. The Kier molecular flexibility index (Phi) is 4.51. The minimum Gasteiger partial charge on any atom is -0.478 e. The van der Waals surface area contributed by atoms with Crippen molar-refractivity contribution < 1.29 is 9.90 Å². The van der Waals surface area contributed by atoms with E-state index in [4.69, 9.17) is 5.11 Å². The molecule has 22 heavy (non-hydrogen) atoms. The van der Waals surface area contributed by atoms with Crippen molar-refractivity contribution in [1.29, 1.82) is 0 Å². The summed E-state index contributed by atoms with van der Waals surface area (Å²) < 4.78 is 0. The second-order valence-corrected chi connectivity index (χ2v) is 6.59. The van der Waals surface area contributed by atoms with Gasteiger partial charge in [-0.25, -0.2) is 4.79 Å². The standard InChI is InChI=1S/C20H22O2/c1-14(12-15-8-10-16(11-9-15)19(21)22)17-6-5-7-18(13-17)20(2,3)4/h5-13H,1-4H3,(H,21,22). The molecule has 0 aliphatic rings. The van der Waals surface area contributed by atoms with Gasteiger partial charge in [0.25, 0.3) is 0 Å². The first-order valence-electron chi connectivity index (χ1n) is 7.40. The third-order valence-electron chi connectivity index (χ3n) is 3.72. The summed E-state index contributed by atoms with van der Waals surface area (Å²) >= 11 is 0. The van der Waals surface area contributed by atoms with E-state index >= 15 is 0 Å². The molecule has 2 aromatic carbocycles. The van der Waals surface area contributed by atoms with E-state index in [2.05, 4.69) is 58.0 Å². The van der Waals surface area contributed by atoms with Crippen LogP contribution in [0.25, 0.3) is 11.6 Å². The molecule has 1 N–H and O–H groups in total. The SMILES string of the molecule is CC(=Cc1ccc(C(=O)O)cc1)c1cccc(C(C)(C)C)c1. The van der Waals surface area contributed by atoms with Crippen molar-refractivity contribution in [3.05, 3.63) is 70.8 Å². The molecule has 0 aliphatic carbocycles. The van der Waals surface area contributed by atoms with Gasteiger partial charge in [-0.1, -0.05) is 63.2 Å². The average molecular weight is 294 g/mol. The first-order valence-corrected chi connectivity index (χ1v) is 7.40. The number of aromatic carboxylic acids is 1. The summed E-state index contributed by atoms with van der Waals surface area (Å²) in [4.78, 5) is 10.9. The largest absolute Gasteiger partial charge is 0.478 e. The summed E-state index contributed by atoms with van der Waals surface area (Å²) in [7, 11) is 0. The number of hydrogen-bond acceptors (Lipinski definition) is 1. The van der Waals surface area contributed by atoms with E-state index < -0.39 is 5.97 Å². The van der Waals surface area contributed by atoms with Crippen molar-refractivity contribution >= 4 is 17.6 Å². The van der Waals surface area contributed by atoms with Crippen LogP contribution in [0.3, 0.4) is 0 Å². The van der Waals surface area contributed by atoms with E-state index in [-0.39, 0.29) is 5.41 Å². The van der Waals surface area contributed by atoms with Gasteiger partial charge in [-0.15, -0.1) is 0 Å². The highest BCUT2D eigenvalue weighted by Gasteiger charge is 2.13. The Hall–Kier alpha value is -2.35. The number of rotatable bonds is 3. The number of hydrogen-bond donors (Lipinski definition) is 1. The zero-order valence-electron chi connectivity index (χ0n) is 13.6. The highest BCUT2D eigenvalue weighted by Crippen LogP contribution is 2.26. The summed E-state index contributed by atoms with van der Waals surface area (Å²) in [5.74, 6) is -0.898. The Morgan fingerprint density at radius 3 is 2.18 bits per heavy atom. The van der Waals surface area contributed by atoms with Crippen molar-refractivity contribution in [2.45, 2.75) is 33.1 Å². The third kappa shape index (κ3) is 3.85. The van der Waals surface area contributed by atoms with Crippen LogP contribution in [0.5, 0.6) is 0 Å². The predicted molar refractivity (Wildman–Crippen MR) is 92.1 cm³/mol. The fraction of sp³-hybridized carbons (Fsp3) is 0.250. The first-order chi connectivity index (χ1) is 10.3. The molecule has 0 amide bonds. The molecule has 0 atom stereocenters. The number of carboxylic acid groups (broad SMARTS) is 1. The molecule has 2 nitrogen and oxygen atoms in total. The Bertz CT molecular complexity index is 701. The van der Waals surface area contributed by atoms with Crippen LogP contribution in [0, 0.1) is 0 Å². The highest BCUT2D eigenvalue weighted by molar-refractivity contribution is 5.88. The molecule has 2 heteroatoms. The first kappa shape index (κ1) is 16.0. The molecule has 0 saturated carbocycles. The minimum absolute atomic E-state index is 0.124. The smallest absolute Gasteiger partial charge is 0.335 e.